The summed E-state index contributed by atoms with van der Waals surface area (Å²) in [5.74, 6) is -3.98. The minimum Gasteiger partial charge on any atom is -0.367 e. The van der Waals surface area contributed by atoms with E-state index in [9.17, 15) is 17.6 Å². The van der Waals surface area contributed by atoms with Gasteiger partial charge in [-0.1, -0.05) is 0 Å². The Balaban J connectivity index is 2.60. The highest BCUT2D eigenvalue weighted by Gasteiger charge is 2.41. The van der Waals surface area contributed by atoms with Gasteiger partial charge in [-0.3, -0.25) is 0 Å². The summed E-state index contributed by atoms with van der Waals surface area (Å²) in [6.07, 6.45) is -2.18. The molecule has 0 spiro atoms. The maximum Gasteiger partial charge on any atom is 0.330 e. The highest BCUT2D eigenvalue weighted by atomic mass is 19.3. The van der Waals surface area contributed by atoms with Gasteiger partial charge in [0.05, 0.1) is 0 Å². The molecule has 0 aliphatic rings. The molecular formula is C12H17F4N3O. The minimum atomic E-state index is -4.16. The number of nitrogens with zero attached hydrogens (tertiary/aromatic N) is 2. The molecule has 8 heteroatoms. The summed E-state index contributed by atoms with van der Waals surface area (Å²) in [4.78, 5) is 8.06. The van der Waals surface area contributed by atoms with Crippen molar-refractivity contribution in [1.29, 1.82) is 0 Å². The van der Waals surface area contributed by atoms with Crippen molar-refractivity contribution in [3.63, 3.8) is 0 Å². The summed E-state index contributed by atoms with van der Waals surface area (Å²) < 4.78 is 53.6. The molecule has 114 valence electrons. The number of hydrogen-bond donors (Lipinski definition) is 1. The Bertz CT molecular complexity index is 443. The van der Waals surface area contributed by atoms with Crippen LogP contribution in [0.15, 0.2) is 6.20 Å². The van der Waals surface area contributed by atoms with Gasteiger partial charge in [0.1, 0.15) is 13.2 Å². The molecule has 0 aliphatic carbocycles. The van der Waals surface area contributed by atoms with Crippen LogP contribution in [0, 0.1) is 6.92 Å². The molecular weight excluding hydrogens is 278 g/mol. The quantitative estimate of drug-likeness (QED) is 0.785. The second-order valence-electron chi connectivity index (χ2n) is 4.39. The van der Waals surface area contributed by atoms with Crippen LogP contribution in [-0.2, 0) is 11.3 Å². The van der Waals surface area contributed by atoms with Crippen LogP contribution in [0.3, 0.4) is 0 Å². The number of ether oxygens (including phenoxy) is 1. The van der Waals surface area contributed by atoms with Crippen molar-refractivity contribution in [1.82, 2.24) is 15.3 Å². The van der Waals surface area contributed by atoms with Crippen molar-refractivity contribution in [3.8, 4) is 0 Å². The second kappa shape index (κ2) is 6.94. The van der Waals surface area contributed by atoms with E-state index in [1.54, 1.807) is 20.2 Å². The Kier molecular flexibility index (Phi) is 5.82. The number of aryl methyl sites for hydroxylation is 1. The van der Waals surface area contributed by atoms with Gasteiger partial charge in [-0.25, -0.2) is 18.7 Å². The summed E-state index contributed by atoms with van der Waals surface area (Å²) >= 11 is 0. The zero-order chi connectivity index (χ0) is 15.3. The standard InChI is InChI=1S/C12H17F4N3O/c1-7(17-3)9-4-18-10(19-8(9)2)5-20-6-12(15,16)11(13)14/h4,7,11,17H,5-6H2,1-3H3. The Morgan fingerprint density at radius 1 is 1.40 bits per heavy atom. The van der Waals surface area contributed by atoms with Crippen molar-refractivity contribution in [2.75, 3.05) is 13.7 Å². The predicted molar refractivity (Wildman–Crippen MR) is 64.9 cm³/mol. The normalized spacial score (nSPS) is 13.8. The fourth-order valence-corrected chi connectivity index (χ4v) is 1.52. The van der Waals surface area contributed by atoms with Gasteiger partial charge in [0.25, 0.3) is 0 Å². The first-order chi connectivity index (χ1) is 9.27. The third-order valence-corrected chi connectivity index (χ3v) is 2.81. The average molecular weight is 295 g/mol. The van der Waals surface area contributed by atoms with Crippen molar-refractivity contribution < 1.29 is 22.3 Å². The van der Waals surface area contributed by atoms with E-state index in [2.05, 4.69) is 20.0 Å². The molecule has 0 bridgehead atoms. The number of halogens is 4. The molecule has 1 rings (SSSR count). The highest BCUT2D eigenvalue weighted by molar-refractivity contribution is 5.19. The molecule has 1 aromatic rings. The number of rotatable bonds is 7. The van der Waals surface area contributed by atoms with Crippen LogP contribution < -0.4 is 5.32 Å². The molecule has 1 unspecified atom stereocenters. The summed E-state index contributed by atoms with van der Waals surface area (Å²) in [6, 6.07) is 0.0492. The number of alkyl halides is 4. The molecule has 0 saturated carbocycles. The Morgan fingerprint density at radius 3 is 2.55 bits per heavy atom. The lowest BCUT2D eigenvalue weighted by molar-refractivity contribution is -0.168. The van der Waals surface area contributed by atoms with Gasteiger partial charge in [-0.05, 0) is 20.9 Å². The first-order valence-corrected chi connectivity index (χ1v) is 6.01. The van der Waals surface area contributed by atoms with Gasteiger partial charge in [-0.15, -0.1) is 0 Å². The number of aromatic nitrogens is 2. The van der Waals surface area contributed by atoms with Crippen LogP contribution in [0.4, 0.5) is 17.6 Å². The molecule has 0 aromatic carbocycles. The lowest BCUT2D eigenvalue weighted by Crippen LogP contribution is -2.32. The van der Waals surface area contributed by atoms with Crippen LogP contribution in [0.5, 0.6) is 0 Å². The lowest BCUT2D eigenvalue weighted by atomic mass is 10.1. The molecule has 0 aliphatic heterocycles. The van der Waals surface area contributed by atoms with Crippen molar-refractivity contribution >= 4 is 0 Å². The molecule has 0 saturated heterocycles. The fraction of sp³-hybridized carbons (Fsp3) is 0.667. The second-order valence-corrected chi connectivity index (χ2v) is 4.39. The summed E-state index contributed by atoms with van der Waals surface area (Å²) in [6.45, 7) is 1.98. The number of hydrogen-bond acceptors (Lipinski definition) is 4. The first kappa shape index (κ1) is 16.8. The van der Waals surface area contributed by atoms with Crippen LogP contribution in [-0.4, -0.2) is 36.0 Å². The van der Waals surface area contributed by atoms with Crippen molar-refractivity contribution in [2.45, 2.75) is 38.8 Å². The average Bonchev–Trinajstić information content (AvgIpc) is 2.37. The molecule has 1 N–H and O–H groups in total. The maximum atomic E-state index is 12.6. The zero-order valence-electron chi connectivity index (χ0n) is 11.5. The molecule has 0 fully saturated rings. The third kappa shape index (κ3) is 4.38. The molecule has 1 heterocycles. The summed E-state index contributed by atoms with van der Waals surface area (Å²) in [5.41, 5.74) is 1.55. The summed E-state index contributed by atoms with van der Waals surface area (Å²) in [5, 5.41) is 3.02. The smallest absolute Gasteiger partial charge is 0.330 e. The van der Waals surface area contributed by atoms with Crippen LogP contribution in [0.2, 0.25) is 0 Å². The van der Waals surface area contributed by atoms with Gasteiger partial charge in [0.15, 0.2) is 5.82 Å². The molecule has 1 atom stereocenters. The molecule has 0 amide bonds. The summed E-state index contributed by atoms with van der Waals surface area (Å²) in [7, 11) is 1.79. The minimum absolute atomic E-state index is 0.0492. The Morgan fingerprint density at radius 2 is 2.05 bits per heavy atom. The highest BCUT2D eigenvalue weighted by Crippen LogP contribution is 2.23. The Hall–Kier alpha value is -1.28. The molecule has 1 aromatic heterocycles. The predicted octanol–water partition coefficient (Wildman–Crippen LogP) is 2.48. The topological polar surface area (TPSA) is 47.0 Å². The SMILES string of the molecule is CNC(C)c1cnc(COCC(F)(F)C(F)F)nc1C. The van der Waals surface area contributed by atoms with E-state index in [1.165, 1.54) is 0 Å². The van der Waals surface area contributed by atoms with Gasteiger partial charge in [0.2, 0.25) is 0 Å². The molecule has 20 heavy (non-hydrogen) atoms. The Labute approximate surface area is 114 Å². The van der Waals surface area contributed by atoms with Crippen molar-refractivity contribution in [3.05, 3.63) is 23.3 Å². The third-order valence-electron chi connectivity index (χ3n) is 2.81. The van der Waals surface area contributed by atoms with Gasteiger partial charge >= 0.3 is 12.3 Å². The van der Waals surface area contributed by atoms with E-state index < -0.39 is 19.0 Å². The van der Waals surface area contributed by atoms with Crippen LogP contribution in [0.1, 0.15) is 30.0 Å². The van der Waals surface area contributed by atoms with E-state index in [0.29, 0.717) is 5.69 Å². The fourth-order valence-electron chi connectivity index (χ4n) is 1.52. The first-order valence-electron chi connectivity index (χ1n) is 6.01. The van der Waals surface area contributed by atoms with Crippen molar-refractivity contribution in [2.24, 2.45) is 0 Å². The van der Waals surface area contributed by atoms with E-state index in [-0.39, 0.29) is 18.5 Å². The van der Waals surface area contributed by atoms with Crippen LogP contribution >= 0.6 is 0 Å². The van der Waals surface area contributed by atoms with Gasteiger partial charge in [0, 0.05) is 23.5 Å². The van der Waals surface area contributed by atoms with E-state index in [4.69, 9.17) is 0 Å². The lowest BCUT2D eigenvalue weighted by Gasteiger charge is -2.16. The van der Waals surface area contributed by atoms with E-state index in [1.807, 2.05) is 6.92 Å². The van der Waals surface area contributed by atoms with E-state index >= 15 is 0 Å². The molecule has 4 nitrogen and oxygen atoms in total. The largest absolute Gasteiger partial charge is 0.367 e. The monoisotopic (exact) mass is 295 g/mol. The van der Waals surface area contributed by atoms with Gasteiger partial charge in [-0.2, -0.15) is 8.78 Å². The van der Waals surface area contributed by atoms with Gasteiger partial charge < -0.3 is 10.1 Å². The van der Waals surface area contributed by atoms with Crippen LogP contribution in [0.25, 0.3) is 0 Å². The van der Waals surface area contributed by atoms with E-state index in [0.717, 1.165) is 5.56 Å². The maximum absolute atomic E-state index is 12.6. The number of nitrogens with one attached hydrogen (secondary N) is 1. The zero-order valence-corrected chi connectivity index (χ0v) is 11.5. The molecule has 0 radical (unpaired) electrons.